The SMILES string of the molecule is COc1c(/C=C/C(=O)c2ccc(Br)cc2)ccc2ccccc12. The third-order valence-electron chi connectivity index (χ3n) is 3.66. The van der Waals surface area contributed by atoms with Crippen LogP contribution in [-0.2, 0) is 0 Å². The quantitative estimate of drug-likeness (QED) is 0.449. The van der Waals surface area contributed by atoms with Crippen LogP contribution < -0.4 is 4.74 Å². The van der Waals surface area contributed by atoms with Crippen molar-refractivity contribution in [3.8, 4) is 5.75 Å². The molecule has 0 aliphatic carbocycles. The lowest BCUT2D eigenvalue weighted by molar-refractivity contribution is 0.104. The summed E-state index contributed by atoms with van der Waals surface area (Å²) in [5.74, 6) is 0.746. The van der Waals surface area contributed by atoms with E-state index in [0.29, 0.717) is 5.56 Å². The smallest absolute Gasteiger partial charge is 0.185 e. The molecule has 3 aromatic rings. The number of rotatable bonds is 4. The molecule has 2 nitrogen and oxygen atoms in total. The van der Waals surface area contributed by atoms with E-state index < -0.39 is 0 Å². The van der Waals surface area contributed by atoms with Crippen LogP contribution >= 0.6 is 15.9 Å². The Balaban J connectivity index is 1.94. The van der Waals surface area contributed by atoms with Crippen LogP contribution in [0.2, 0.25) is 0 Å². The fraction of sp³-hybridized carbons (Fsp3) is 0.0500. The van der Waals surface area contributed by atoms with Gasteiger partial charge in [0.2, 0.25) is 0 Å². The van der Waals surface area contributed by atoms with Crippen molar-refractivity contribution >= 4 is 38.6 Å². The van der Waals surface area contributed by atoms with Gasteiger partial charge in [0.05, 0.1) is 7.11 Å². The molecule has 0 spiro atoms. The Morgan fingerprint density at radius 3 is 2.48 bits per heavy atom. The molecule has 0 aliphatic rings. The first-order chi connectivity index (χ1) is 11.2. The minimum Gasteiger partial charge on any atom is -0.495 e. The Hall–Kier alpha value is -2.39. The van der Waals surface area contributed by atoms with Gasteiger partial charge in [-0.1, -0.05) is 52.3 Å². The summed E-state index contributed by atoms with van der Waals surface area (Å²) >= 11 is 3.37. The second-order valence-corrected chi connectivity index (χ2v) is 6.03. The van der Waals surface area contributed by atoms with Crippen LogP contribution in [0.25, 0.3) is 16.8 Å². The maximum absolute atomic E-state index is 12.2. The monoisotopic (exact) mass is 366 g/mol. The topological polar surface area (TPSA) is 26.3 Å². The summed E-state index contributed by atoms with van der Waals surface area (Å²) in [7, 11) is 1.65. The van der Waals surface area contributed by atoms with E-state index in [1.54, 1.807) is 31.4 Å². The van der Waals surface area contributed by atoms with Crippen LogP contribution in [0.5, 0.6) is 5.75 Å². The lowest BCUT2D eigenvalue weighted by atomic mass is 10.0. The number of benzene rings is 3. The number of carbonyl (C=O) groups excluding carboxylic acids is 1. The Morgan fingerprint density at radius 2 is 1.74 bits per heavy atom. The number of ether oxygens (including phenoxy) is 1. The van der Waals surface area contributed by atoms with Crippen LogP contribution in [0.1, 0.15) is 15.9 Å². The van der Waals surface area contributed by atoms with Crippen molar-refractivity contribution in [2.45, 2.75) is 0 Å². The average Bonchev–Trinajstić information content (AvgIpc) is 2.59. The minimum absolute atomic E-state index is 0.0345. The van der Waals surface area contributed by atoms with E-state index in [0.717, 1.165) is 26.6 Å². The second-order valence-electron chi connectivity index (χ2n) is 5.11. The lowest BCUT2D eigenvalue weighted by Gasteiger charge is -2.09. The molecule has 0 saturated heterocycles. The summed E-state index contributed by atoms with van der Waals surface area (Å²) in [6.07, 6.45) is 3.38. The molecule has 3 rings (SSSR count). The van der Waals surface area contributed by atoms with E-state index in [2.05, 4.69) is 15.9 Å². The number of hydrogen-bond donors (Lipinski definition) is 0. The van der Waals surface area contributed by atoms with Crippen molar-refractivity contribution in [2.75, 3.05) is 7.11 Å². The van der Waals surface area contributed by atoms with Crippen molar-refractivity contribution in [1.82, 2.24) is 0 Å². The van der Waals surface area contributed by atoms with E-state index >= 15 is 0 Å². The first-order valence-corrected chi connectivity index (χ1v) is 8.02. The maximum Gasteiger partial charge on any atom is 0.185 e. The predicted molar refractivity (Wildman–Crippen MR) is 98.0 cm³/mol. The molecule has 0 unspecified atom stereocenters. The summed E-state index contributed by atoms with van der Waals surface area (Å²) < 4.78 is 6.50. The van der Waals surface area contributed by atoms with Gasteiger partial charge in [0, 0.05) is 21.0 Å². The Bertz CT molecular complexity index is 880. The third kappa shape index (κ3) is 3.35. The molecule has 0 bridgehead atoms. The van der Waals surface area contributed by atoms with E-state index in [9.17, 15) is 4.79 Å². The van der Waals surface area contributed by atoms with Gasteiger partial charge in [0.15, 0.2) is 5.78 Å². The molecule has 0 N–H and O–H groups in total. The molecular formula is C20H15BrO2. The molecule has 0 aliphatic heterocycles. The second kappa shape index (κ2) is 6.80. The highest BCUT2D eigenvalue weighted by atomic mass is 79.9. The van der Waals surface area contributed by atoms with Crippen LogP contribution in [0.15, 0.2) is 71.2 Å². The van der Waals surface area contributed by atoms with Crippen molar-refractivity contribution in [3.63, 3.8) is 0 Å². The Morgan fingerprint density at radius 1 is 1.00 bits per heavy atom. The first kappa shape index (κ1) is 15.5. The van der Waals surface area contributed by atoms with Crippen molar-refractivity contribution in [3.05, 3.63) is 82.3 Å². The van der Waals surface area contributed by atoms with Crippen LogP contribution in [0, 0.1) is 0 Å². The van der Waals surface area contributed by atoms with Gasteiger partial charge >= 0.3 is 0 Å². The highest BCUT2D eigenvalue weighted by Crippen LogP contribution is 2.30. The number of fused-ring (bicyclic) bond motifs is 1. The van der Waals surface area contributed by atoms with Gasteiger partial charge in [-0.25, -0.2) is 0 Å². The van der Waals surface area contributed by atoms with Crippen LogP contribution in [-0.4, -0.2) is 12.9 Å². The number of ketones is 1. The van der Waals surface area contributed by atoms with Crippen molar-refractivity contribution in [1.29, 1.82) is 0 Å². The Kier molecular flexibility index (Phi) is 4.58. The number of methoxy groups -OCH3 is 1. The summed E-state index contributed by atoms with van der Waals surface area (Å²) in [4.78, 5) is 12.2. The summed E-state index contributed by atoms with van der Waals surface area (Å²) in [5, 5.41) is 2.15. The van der Waals surface area contributed by atoms with Crippen LogP contribution in [0.3, 0.4) is 0 Å². The summed E-state index contributed by atoms with van der Waals surface area (Å²) in [5.41, 5.74) is 1.54. The number of carbonyl (C=O) groups is 1. The zero-order valence-corrected chi connectivity index (χ0v) is 14.2. The number of hydrogen-bond acceptors (Lipinski definition) is 2. The number of halogens is 1. The lowest BCUT2D eigenvalue weighted by Crippen LogP contribution is -1.94. The molecule has 0 radical (unpaired) electrons. The van der Waals surface area contributed by atoms with Gasteiger partial charge in [-0.3, -0.25) is 4.79 Å². The third-order valence-corrected chi connectivity index (χ3v) is 4.19. The van der Waals surface area contributed by atoms with Gasteiger partial charge in [0.25, 0.3) is 0 Å². The molecule has 23 heavy (non-hydrogen) atoms. The summed E-state index contributed by atoms with van der Waals surface area (Å²) in [6.45, 7) is 0. The molecule has 114 valence electrons. The van der Waals surface area contributed by atoms with Gasteiger partial charge < -0.3 is 4.74 Å². The zero-order chi connectivity index (χ0) is 16.2. The van der Waals surface area contributed by atoms with Gasteiger partial charge in [-0.05, 0) is 41.8 Å². The van der Waals surface area contributed by atoms with E-state index in [1.807, 2.05) is 48.5 Å². The Labute approximate surface area is 143 Å². The van der Waals surface area contributed by atoms with Gasteiger partial charge in [-0.2, -0.15) is 0 Å². The average molecular weight is 367 g/mol. The van der Waals surface area contributed by atoms with Crippen molar-refractivity contribution in [2.24, 2.45) is 0 Å². The van der Waals surface area contributed by atoms with E-state index in [4.69, 9.17) is 4.74 Å². The van der Waals surface area contributed by atoms with Crippen molar-refractivity contribution < 1.29 is 9.53 Å². The maximum atomic E-state index is 12.2. The predicted octanol–water partition coefficient (Wildman–Crippen LogP) is 5.51. The molecule has 0 fully saturated rings. The highest BCUT2D eigenvalue weighted by Gasteiger charge is 2.07. The fourth-order valence-corrected chi connectivity index (χ4v) is 2.76. The molecule has 0 amide bonds. The fourth-order valence-electron chi connectivity index (χ4n) is 2.49. The highest BCUT2D eigenvalue weighted by molar-refractivity contribution is 9.10. The van der Waals surface area contributed by atoms with Crippen LogP contribution in [0.4, 0.5) is 0 Å². The molecule has 0 heterocycles. The van der Waals surface area contributed by atoms with Gasteiger partial charge in [-0.15, -0.1) is 0 Å². The molecule has 3 heteroatoms. The number of allylic oxidation sites excluding steroid dienone is 1. The molecule has 0 saturated carbocycles. The van der Waals surface area contributed by atoms with E-state index in [-0.39, 0.29) is 5.78 Å². The minimum atomic E-state index is -0.0345. The first-order valence-electron chi connectivity index (χ1n) is 7.23. The molecule has 0 aromatic heterocycles. The van der Waals surface area contributed by atoms with Gasteiger partial charge in [0.1, 0.15) is 5.75 Å². The summed E-state index contributed by atoms with van der Waals surface area (Å²) in [6, 6.07) is 19.3. The normalized spacial score (nSPS) is 11.0. The standard InChI is InChI=1S/C20H15BrO2/c1-23-20-16(7-6-14-4-2-3-5-18(14)20)10-13-19(22)15-8-11-17(21)12-9-15/h2-13H,1H3/b13-10+. The molecular weight excluding hydrogens is 352 g/mol. The zero-order valence-electron chi connectivity index (χ0n) is 12.6. The van der Waals surface area contributed by atoms with E-state index in [1.165, 1.54) is 0 Å². The molecule has 0 atom stereocenters. The molecule has 3 aromatic carbocycles. The largest absolute Gasteiger partial charge is 0.495 e.